The van der Waals surface area contributed by atoms with Crippen molar-refractivity contribution >= 4 is 40.5 Å². The summed E-state index contributed by atoms with van der Waals surface area (Å²) < 4.78 is 11.9. The number of esters is 2. The summed E-state index contributed by atoms with van der Waals surface area (Å²) in [5.74, 6) is -0.577. The van der Waals surface area contributed by atoms with E-state index in [4.69, 9.17) is 26.8 Å². The van der Waals surface area contributed by atoms with Crippen LogP contribution >= 0.6 is 11.6 Å². The zero-order chi connectivity index (χ0) is 17.7. The Bertz CT molecular complexity index is 728. The minimum Gasteiger partial charge on any atom is -0.465 e. The molecule has 8 nitrogen and oxygen atoms in total. The molecule has 2 heterocycles. The number of anilines is 1. The lowest BCUT2D eigenvalue weighted by molar-refractivity contribution is -0.146. The number of imidazole rings is 1. The van der Waals surface area contributed by atoms with Gasteiger partial charge in [0.1, 0.15) is 11.3 Å². The van der Waals surface area contributed by atoms with E-state index in [1.165, 1.54) is 13.8 Å². The Kier molecular flexibility index (Phi) is 5.97. The normalized spacial score (nSPS) is 11.0. The van der Waals surface area contributed by atoms with Crippen LogP contribution in [0.25, 0.3) is 11.2 Å². The van der Waals surface area contributed by atoms with Gasteiger partial charge in [-0.15, -0.1) is 0 Å². The highest BCUT2D eigenvalue weighted by atomic mass is 35.5. The Morgan fingerprint density at radius 3 is 2.50 bits per heavy atom. The molecule has 0 aromatic carbocycles. The van der Waals surface area contributed by atoms with Gasteiger partial charge in [-0.25, -0.2) is 9.97 Å². The molecule has 0 saturated heterocycles. The number of rotatable bonds is 7. The molecule has 2 rings (SSSR count). The lowest BCUT2D eigenvalue weighted by Crippen LogP contribution is -2.21. The first kappa shape index (κ1) is 18.0. The van der Waals surface area contributed by atoms with Gasteiger partial charge in [0.05, 0.1) is 24.6 Å². The van der Waals surface area contributed by atoms with Crippen LogP contribution < -0.4 is 5.73 Å². The van der Waals surface area contributed by atoms with Crippen molar-refractivity contribution in [3.8, 4) is 0 Å². The lowest BCUT2D eigenvalue weighted by atomic mass is 10.1. The van der Waals surface area contributed by atoms with Gasteiger partial charge in [0, 0.05) is 32.4 Å². The molecule has 9 heteroatoms. The van der Waals surface area contributed by atoms with Crippen molar-refractivity contribution in [2.75, 3.05) is 18.9 Å². The summed E-state index contributed by atoms with van der Waals surface area (Å²) in [5.41, 5.74) is 6.87. The Balaban J connectivity index is 2.07. The minimum absolute atomic E-state index is 0.133. The predicted octanol–water partition coefficient (Wildman–Crippen LogP) is 1.80. The van der Waals surface area contributed by atoms with Crippen molar-refractivity contribution in [3.63, 3.8) is 0 Å². The summed E-state index contributed by atoms with van der Waals surface area (Å²) in [6, 6.07) is 1.55. The quantitative estimate of drug-likeness (QED) is 0.755. The van der Waals surface area contributed by atoms with E-state index in [-0.39, 0.29) is 31.1 Å². The first-order valence-electron chi connectivity index (χ1n) is 7.40. The summed E-state index contributed by atoms with van der Waals surface area (Å²) in [6.45, 7) is 3.55. The van der Waals surface area contributed by atoms with Crippen LogP contribution in [-0.4, -0.2) is 39.7 Å². The van der Waals surface area contributed by atoms with Crippen LogP contribution in [0.1, 0.15) is 20.3 Å². The van der Waals surface area contributed by atoms with Gasteiger partial charge in [0.2, 0.25) is 0 Å². The number of halogens is 1. The van der Waals surface area contributed by atoms with Gasteiger partial charge < -0.3 is 19.8 Å². The van der Waals surface area contributed by atoms with E-state index in [1.54, 1.807) is 12.4 Å². The zero-order valence-electron chi connectivity index (χ0n) is 13.5. The minimum atomic E-state index is -0.378. The largest absolute Gasteiger partial charge is 0.465 e. The smallest absolute Gasteiger partial charge is 0.302 e. The molecular weight excluding hydrogens is 336 g/mol. The molecule has 0 atom stereocenters. The van der Waals surface area contributed by atoms with Crippen molar-refractivity contribution in [2.24, 2.45) is 5.92 Å². The number of ether oxygens (including phenoxy) is 2. The molecule has 0 radical (unpaired) electrons. The molecule has 2 aromatic rings. The standard InChI is InChI=1S/C15H19ClN4O4/c1-9(21)23-6-11(7-24-10(2)22)3-4-20-8-18-14-12(16)5-13(17)19-15(14)20/h5,8,11H,3-4,6-7H2,1-2H3,(H2,17,19). The van der Waals surface area contributed by atoms with E-state index >= 15 is 0 Å². The second kappa shape index (κ2) is 7.96. The molecule has 130 valence electrons. The molecule has 0 unspecified atom stereocenters. The van der Waals surface area contributed by atoms with Crippen LogP contribution in [-0.2, 0) is 25.6 Å². The SMILES string of the molecule is CC(=O)OCC(CCn1cnc2c(Cl)cc(N)nc21)COC(C)=O. The molecule has 0 aliphatic heterocycles. The zero-order valence-corrected chi connectivity index (χ0v) is 14.2. The maximum Gasteiger partial charge on any atom is 0.302 e. The maximum atomic E-state index is 11.0. The van der Waals surface area contributed by atoms with Crippen molar-refractivity contribution in [1.82, 2.24) is 14.5 Å². The van der Waals surface area contributed by atoms with Crippen LogP contribution in [0.2, 0.25) is 5.02 Å². The number of hydrogen-bond acceptors (Lipinski definition) is 7. The summed E-state index contributed by atoms with van der Waals surface area (Å²) in [7, 11) is 0. The highest BCUT2D eigenvalue weighted by Crippen LogP contribution is 2.23. The van der Waals surface area contributed by atoms with Crippen molar-refractivity contribution < 1.29 is 19.1 Å². The number of nitrogens with two attached hydrogens (primary N) is 1. The van der Waals surface area contributed by atoms with Gasteiger partial charge in [-0.05, 0) is 6.42 Å². The van der Waals surface area contributed by atoms with E-state index in [9.17, 15) is 9.59 Å². The van der Waals surface area contributed by atoms with Crippen molar-refractivity contribution in [3.05, 3.63) is 17.4 Å². The fourth-order valence-electron chi connectivity index (χ4n) is 2.18. The van der Waals surface area contributed by atoms with Crippen LogP contribution in [0.4, 0.5) is 5.82 Å². The number of carbonyl (C=O) groups is 2. The van der Waals surface area contributed by atoms with Gasteiger partial charge >= 0.3 is 11.9 Å². The molecule has 24 heavy (non-hydrogen) atoms. The lowest BCUT2D eigenvalue weighted by Gasteiger charge is -2.16. The van der Waals surface area contributed by atoms with Gasteiger partial charge in [0.25, 0.3) is 0 Å². The number of fused-ring (bicyclic) bond motifs is 1. The molecule has 0 amide bonds. The molecule has 0 saturated carbocycles. The number of pyridine rings is 1. The van der Waals surface area contributed by atoms with Crippen molar-refractivity contribution in [1.29, 1.82) is 0 Å². The molecule has 0 bridgehead atoms. The monoisotopic (exact) mass is 354 g/mol. The van der Waals surface area contributed by atoms with Gasteiger partial charge in [-0.1, -0.05) is 11.6 Å². The molecule has 0 aliphatic rings. The molecule has 2 aromatic heterocycles. The first-order valence-corrected chi connectivity index (χ1v) is 7.78. The number of nitrogens with zero attached hydrogens (tertiary/aromatic N) is 3. The summed E-state index contributed by atoms with van der Waals surface area (Å²) >= 11 is 6.10. The third-order valence-electron chi connectivity index (χ3n) is 3.37. The predicted molar refractivity (Wildman–Crippen MR) is 88.3 cm³/mol. The fourth-order valence-corrected chi connectivity index (χ4v) is 2.43. The van der Waals surface area contributed by atoms with E-state index < -0.39 is 0 Å². The number of hydrogen-bond donors (Lipinski definition) is 1. The first-order chi connectivity index (χ1) is 11.4. The topological polar surface area (TPSA) is 109 Å². The second-order valence-corrected chi connectivity index (χ2v) is 5.81. The molecular formula is C15H19ClN4O4. The van der Waals surface area contributed by atoms with Crippen LogP contribution in [0.5, 0.6) is 0 Å². The Morgan fingerprint density at radius 2 is 1.92 bits per heavy atom. The highest BCUT2D eigenvalue weighted by molar-refractivity contribution is 6.35. The molecule has 0 spiro atoms. The fraction of sp³-hybridized carbons (Fsp3) is 0.467. The summed E-state index contributed by atoms with van der Waals surface area (Å²) in [6.07, 6.45) is 2.22. The maximum absolute atomic E-state index is 11.0. The van der Waals surface area contributed by atoms with Gasteiger partial charge in [0.15, 0.2) is 5.65 Å². The van der Waals surface area contributed by atoms with Gasteiger partial charge in [-0.2, -0.15) is 0 Å². The Morgan fingerprint density at radius 1 is 1.29 bits per heavy atom. The van der Waals surface area contributed by atoms with Crippen LogP contribution in [0.15, 0.2) is 12.4 Å². The summed E-state index contributed by atoms with van der Waals surface area (Å²) in [5, 5.41) is 0.438. The average Bonchev–Trinajstić information content (AvgIpc) is 2.89. The van der Waals surface area contributed by atoms with Crippen molar-refractivity contribution in [2.45, 2.75) is 26.8 Å². The third kappa shape index (κ3) is 4.82. The average molecular weight is 355 g/mol. The number of aryl methyl sites for hydroxylation is 1. The van der Waals surface area contributed by atoms with E-state index in [1.807, 2.05) is 4.57 Å². The third-order valence-corrected chi connectivity index (χ3v) is 3.66. The second-order valence-electron chi connectivity index (χ2n) is 5.40. The van der Waals surface area contributed by atoms with Crippen LogP contribution in [0, 0.1) is 5.92 Å². The number of aromatic nitrogens is 3. The van der Waals surface area contributed by atoms with Crippen LogP contribution in [0.3, 0.4) is 0 Å². The van der Waals surface area contributed by atoms with E-state index in [0.29, 0.717) is 35.0 Å². The number of carbonyl (C=O) groups excluding carboxylic acids is 2. The Labute approximate surface area is 143 Å². The Hall–Kier alpha value is -2.35. The highest BCUT2D eigenvalue weighted by Gasteiger charge is 2.15. The number of nitrogen functional groups attached to an aromatic ring is 1. The molecule has 2 N–H and O–H groups in total. The molecule has 0 aliphatic carbocycles. The molecule has 0 fully saturated rings. The van der Waals surface area contributed by atoms with Gasteiger partial charge in [-0.3, -0.25) is 9.59 Å². The van der Waals surface area contributed by atoms with E-state index in [2.05, 4.69) is 9.97 Å². The van der Waals surface area contributed by atoms with E-state index in [0.717, 1.165) is 0 Å². The summed E-state index contributed by atoms with van der Waals surface area (Å²) in [4.78, 5) is 30.4.